The van der Waals surface area contributed by atoms with Crippen molar-refractivity contribution in [1.29, 1.82) is 0 Å². The number of aromatic nitrogens is 1. The van der Waals surface area contributed by atoms with Crippen LogP contribution in [-0.4, -0.2) is 47.1 Å². The summed E-state index contributed by atoms with van der Waals surface area (Å²) in [5, 5.41) is 8.86. The minimum absolute atomic E-state index is 0.0212. The molecule has 1 N–H and O–H groups in total. The van der Waals surface area contributed by atoms with Crippen LogP contribution >= 0.6 is 0 Å². The number of likely N-dealkylation sites (tertiary alicyclic amines) is 1. The highest BCUT2D eigenvalue weighted by molar-refractivity contribution is 5.96. The maximum Gasteiger partial charge on any atom is 0.303 e. The Morgan fingerprint density at radius 3 is 3.05 bits per heavy atom. The number of carbonyl (C=O) groups excluding carboxylic acids is 1. The minimum atomic E-state index is -0.816. The average Bonchev–Trinajstić information content (AvgIpc) is 2.46. The van der Waals surface area contributed by atoms with E-state index in [1.165, 1.54) is 7.11 Å². The summed E-state index contributed by atoms with van der Waals surface area (Å²) in [6.07, 6.45) is 3.35. The van der Waals surface area contributed by atoms with Crippen molar-refractivity contribution in [3.8, 4) is 5.88 Å². The molecule has 0 radical (unpaired) electrons. The Bertz CT molecular complexity index is 504. The van der Waals surface area contributed by atoms with E-state index in [1.54, 1.807) is 23.2 Å². The number of aliphatic carboxylic acids is 1. The third-order valence-electron chi connectivity index (χ3n) is 3.46. The zero-order valence-electron chi connectivity index (χ0n) is 11.4. The summed E-state index contributed by atoms with van der Waals surface area (Å²) in [4.78, 5) is 29.0. The van der Waals surface area contributed by atoms with Crippen molar-refractivity contribution in [3.63, 3.8) is 0 Å². The van der Waals surface area contributed by atoms with E-state index >= 15 is 0 Å². The van der Waals surface area contributed by atoms with Crippen LogP contribution in [0.4, 0.5) is 0 Å². The van der Waals surface area contributed by atoms with Crippen LogP contribution in [0.25, 0.3) is 0 Å². The summed E-state index contributed by atoms with van der Waals surface area (Å²) in [7, 11) is 1.47. The summed E-state index contributed by atoms with van der Waals surface area (Å²) < 4.78 is 5.10. The van der Waals surface area contributed by atoms with Crippen molar-refractivity contribution in [2.45, 2.75) is 19.3 Å². The topological polar surface area (TPSA) is 79.7 Å². The molecule has 1 aromatic heterocycles. The van der Waals surface area contributed by atoms with Gasteiger partial charge in [-0.1, -0.05) is 0 Å². The molecule has 0 aromatic carbocycles. The maximum absolute atomic E-state index is 12.5. The SMILES string of the molecule is COc1ncccc1C(=O)N1CCCC(CC(=O)O)C1. The molecule has 0 bridgehead atoms. The molecule has 20 heavy (non-hydrogen) atoms. The van der Waals surface area contributed by atoms with Gasteiger partial charge in [-0.3, -0.25) is 9.59 Å². The third kappa shape index (κ3) is 3.26. The van der Waals surface area contributed by atoms with E-state index in [4.69, 9.17) is 9.84 Å². The highest BCUT2D eigenvalue weighted by atomic mass is 16.5. The lowest BCUT2D eigenvalue weighted by Gasteiger charge is -2.32. The van der Waals surface area contributed by atoms with Gasteiger partial charge in [-0.25, -0.2) is 4.98 Å². The van der Waals surface area contributed by atoms with E-state index in [0.717, 1.165) is 12.8 Å². The van der Waals surface area contributed by atoms with Gasteiger partial charge in [0.2, 0.25) is 5.88 Å². The number of carboxylic acids is 1. The molecule has 1 aliphatic rings. The molecule has 1 aromatic rings. The van der Waals surface area contributed by atoms with Gasteiger partial charge in [0.15, 0.2) is 0 Å². The first-order valence-electron chi connectivity index (χ1n) is 6.62. The van der Waals surface area contributed by atoms with Crippen LogP contribution in [0.1, 0.15) is 29.6 Å². The summed E-state index contributed by atoms with van der Waals surface area (Å²) >= 11 is 0. The number of nitrogens with zero attached hydrogens (tertiary/aromatic N) is 2. The van der Waals surface area contributed by atoms with Crippen molar-refractivity contribution in [2.24, 2.45) is 5.92 Å². The molecule has 0 spiro atoms. The standard InChI is InChI=1S/C14H18N2O4/c1-20-13-11(5-2-6-15-13)14(19)16-7-3-4-10(9-16)8-12(17)18/h2,5-6,10H,3-4,7-9H2,1H3,(H,17,18). The first kappa shape index (κ1) is 14.3. The number of pyridine rings is 1. The number of hydrogen-bond donors (Lipinski definition) is 1. The molecule has 2 rings (SSSR count). The highest BCUT2D eigenvalue weighted by Crippen LogP contribution is 2.23. The molecule has 1 saturated heterocycles. The Labute approximate surface area is 117 Å². The molecular weight excluding hydrogens is 260 g/mol. The van der Waals surface area contributed by atoms with E-state index in [1.807, 2.05) is 0 Å². The number of rotatable bonds is 4. The number of hydrogen-bond acceptors (Lipinski definition) is 4. The van der Waals surface area contributed by atoms with Crippen LogP contribution in [-0.2, 0) is 4.79 Å². The first-order chi connectivity index (χ1) is 9.61. The second-order valence-electron chi connectivity index (χ2n) is 4.92. The molecule has 6 nitrogen and oxygen atoms in total. The van der Waals surface area contributed by atoms with Crippen molar-refractivity contribution in [2.75, 3.05) is 20.2 Å². The largest absolute Gasteiger partial charge is 0.481 e. The van der Waals surface area contributed by atoms with Gasteiger partial charge in [0.05, 0.1) is 7.11 Å². The fraction of sp³-hybridized carbons (Fsp3) is 0.500. The van der Waals surface area contributed by atoms with Gasteiger partial charge >= 0.3 is 5.97 Å². The Morgan fingerprint density at radius 1 is 1.55 bits per heavy atom. The molecule has 1 aliphatic heterocycles. The molecule has 1 amide bonds. The second-order valence-corrected chi connectivity index (χ2v) is 4.92. The lowest BCUT2D eigenvalue weighted by atomic mass is 9.94. The van der Waals surface area contributed by atoms with E-state index in [0.29, 0.717) is 24.5 Å². The Hall–Kier alpha value is -2.11. The quantitative estimate of drug-likeness (QED) is 0.901. The molecule has 1 fully saturated rings. The predicted molar refractivity (Wildman–Crippen MR) is 71.7 cm³/mol. The molecule has 1 atom stereocenters. The second kappa shape index (κ2) is 6.36. The number of piperidine rings is 1. The summed E-state index contributed by atoms with van der Waals surface area (Å²) in [6.45, 7) is 1.12. The van der Waals surface area contributed by atoms with Gasteiger partial charge in [0.1, 0.15) is 5.56 Å². The zero-order valence-corrected chi connectivity index (χ0v) is 11.4. The number of amides is 1. The van der Waals surface area contributed by atoms with E-state index < -0.39 is 5.97 Å². The van der Waals surface area contributed by atoms with Gasteiger partial charge in [0.25, 0.3) is 5.91 Å². The number of ether oxygens (including phenoxy) is 1. The smallest absolute Gasteiger partial charge is 0.303 e. The van der Waals surface area contributed by atoms with Crippen molar-refractivity contribution >= 4 is 11.9 Å². The molecule has 6 heteroatoms. The van der Waals surface area contributed by atoms with Gasteiger partial charge in [-0.2, -0.15) is 0 Å². The third-order valence-corrected chi connectivity index (χ3v) is 3.46. The normalized spacial score (nSPS) is 18.6. The van der Waals surface area contributed by atoms with Crippen LogP contribution in [0.5, 0.6) is 5.88 Å². The Kier molecular flexibility index (Phi) is 4.55. The van der Waals surface area contributed by atoms with Gasteiger partial charge < -0.3 is 14.7 Å². The van der Waals surface area contributed by atoms with Gasteiger partial charge in [0, 0.05) is 25.7 Å². The minimum Gasteiger partial charge on any atom is -0.481 e. The predicted octanol–water partition coefficient (Wildman–Crippen LogP) is 1.42. The lowest BCUT2D eigenvalue weighted by Crippen LogP contribution is -2.40. The molecular formula is C14H18N2O4. The summed E-state index contributed by atoms with van der Waals surface area (Å²) in [5.74, 6) is -0.640. The van der Waals surface area contributed by atoms with Crippen molar-refractivity contribution < 1.29 is 19.4 Å². The van der Waals surface area contributed by atoms with Gasteiger partial charge in [-0.15, -0.1) is 0 Å². The van der Waals surface area contributed by atoms with Crippen molar-refractivity contribution in [3.05, 3.63) is 23.9 Å². The number of carbonyl (C=O) groups is 2. The molecule has 0 aliphatic carbocycles. The van der Waals surface area contributed by atoms with Crippen LogP contribution in [0.2, 0.25) is 0 Å². The summed E-state index contributed by atoms with van der Waals surface area (Å²) in [6, 6.07) is 3.36. The Morgan fingerprint density at radius 2 is 2.35 bits per heavy atom. The number of methoxy groups -OCH3 is 1. The first-order valence-corrected chi connectivity index (χ1v) is 6.62. The van der Waals surface area contributed by atoms with Crippen molar-refractivity contribution in [1.82, 2.24) is 9.88 Å². The number of carboxylic acid groups (broad SMARTS) is 1. The van der Waals surface area contributed by atoms with E-state index in [2.05, 4.69) is 4.98 Å². The lowest BCUT2D eigenvalue weighted by molar-refractivity contribution is -0.138. The molecule has 1 unspecified atom stereocenters. The van der Waals surface area contributed by atoms with Crippen LogP contribution in [0.3, 0.4) is 0 Å². The van der Waals surface area contributed by atoms with Gasteiger partial charge in [-0.05, 0) is 30.9 Å². The average molecular weight is 278 g/mol. The zero-order chi connectivity index (χ0) is 14.5. The molecule has 0 saturated carbocycles. The van der Waals surface area contributed by atoms with Crippen LogP contribution in [0, 0.1) is 5.92 Å². The monoisotopic (exact) mass is 278 g/mol. The maximum atomic E-state index is 12.5. The highest BCUT2D eigenvalue weighted by Gasteiger charge is 2.27. The molecule has 2 heterocycles. The van der Waals surface area contributed by atoms with Crippen LogP contribution < -0.4 is 4.74 Å². The fourth-order valence-corrected chi connectivity index (χ4v) is 2.55. The molecule has 108 valence electrons. The van der Waals surface area contributed by atoms with E-state index in [-0.39, 0.29) is 18.2 Å². The Balaban J connectivity index is 2.10. The fourth-order valence-electron chi connectivity index (χ4n) is 2.55. The van der Waals surface area contributed by atoms with Crippen LogP contribution in [0.15, 0.2) is 18.3 Å². The summed E-state index contributed by atoms with van der Waals surface area (Å²) in [5.41, 5.74) is 0.422. The van der Waals surface area contributed by atoms with E-state index in [9.17, 15) is 9.59 Å².